The number of aryl methyl sites for hydroxylation is 1. The molecule has 0 amide bonds. The van der Waals surface area contributed by atoms with E-state index >= 15 is 0 Å². The second-order valence-corrected chi connectivity index (χ2v) is 11.5. The van der Waals surface area contributed by atoms with Crippen LogP contribution in [0.25, 0.3) is 77.6 Å². The monoisotopic (exact) mass is 639 g/mol. The van der Waals surface area contributed by atoms with Crippen LogP contribution >= 0.6 is 0 Å². The average molecular weight is 640 g/mol. The largest absolute Gasteiger partial charge is 0.247 e. The Balaban J connectivity index is 1.41. The van der Waals surface area contributed by atoms with Gasteiger partial charge in [-0.05, 0) is 30.2 Å². The predicted molar refractivity (Wildman–Crippen MR) is 179 cm³/mol. The molecular weight excluding hydrogens is 617 g/mol. The van der Waals surface area contributed by atoms with Gasteiger partial charge in [0.1, 0.15) is 0 Å². The molecule has 2 heterocycles. The van der Waals surface area contributed by atoms with Crippen LogP contribution in [-0.2, 0) is 0 Å². The summed E-state index contributed by atoms with van der Waals surface area (Å²) in [4.78, 5) is 15.5. The summed E-state index contributed by atoms with van der Waals surface area (Å²) in [6.45, 7) is 1.96. The molecule has 0 saturated carbocycles. The van der Waals surface area contributed by atoms with Crippen molar-refractivity contribution in [3.63, 3.8) is 0 Å². The molecule has 0 radical (unpaired) electrons. The van der Waals surface area contributed by atoms with Crippen molar-refractivity contribution in [3.8, 4) is 44.9 Å². The average Bonchev–Trinajstić information content (AvgIpc) is 3.13. The van der Waals surface area contributed by atoms with Gasteiger partial charge < -0.3 is 0 Å². The molecule has 48 heavy (non-hydrogen) atoms. The van der Waals surface area contributed by atoms with Gasteiger partial charge in [-0.2, -0.15) is 0 Å². The number of pyridine rings is 1. The molecule has 0 aliphatic rings. The Labute approximate surface area is 271 Å². The van der Waals surface area contributed by atoms with E-state index in [-0.39, 0.29) is 5.56 Å². The highest BCUT2D eigenvalue weighted by molar-refractivity contribution is 6.22. The first kappa shape index (κ1) is 29.4. The first-order valence-corrected chi connectivity index (χ1v) is 15.1. The molecule has 0 fully saturated rings. The molecular formula is C40H22F5N3. The van der Waals surface area contributed by atoms with E-state index in [9.17, 15) is 22.0 Å². The Bertz CT molecular complexity index is 2520. The molecule has 0 aliphatic heterocycles. The zero-order valence-electron chi connectivity index (χ0n) is 25.2. The van der Waals surface area contributed by atoms with Crippen molar-refractivity contribution in [1.82, 2.24) is 15.0 Å². The van der Waals surface area contributed by atoms with Gasteiger partial charge in [0.25, 0.3) is 0 Å². The van der Waals surface area contributed by atoms with Crippen LogP contribution in [0, 0.1) is 36.0 Å². The van der Waals surface area contributed by atoms with Crippen molar-refractivity contribution >= 4 is 32.7 Å². The Kier molecular flexibility index (Phi) is 6.95. The summed E-state index contributed by atoms with van der Waals surface area (Å²) < 4.78 is 71.0. The molecule has 0 saturated heterocycles. The molecule has 8 rings (SSSR count). The van der Waals surface area contributed by atoms with Crippen LogP contribution < -0.4 is 0 Å². The van der Waals surface area contributed by atoms with E-state index in [0.717, 1.165) is 38.5 Å². The summed E-state index contributed by atoms with van der Waals surface area (Å²) in [5.41, 5.74) is 6.22. The van der Waals surface area contributed by atoms with Crippen molar-refractivity contribution in [2.75, 3.05) is 0 Å². The number of para-hydroxylation sites is 1. The van der Waals surface area contributed by atoms with Gasteiger partial charge in [-0.25, -0.2) is 36.9 Å². The van der Waals surface area contributed by atoms with E-state index in [1.54, 1.807) is 12.1 Å². The van der Waals surface area contributed by atoms with E-state index in [2.05, 4.69) is 0 Å². The first-order chi connectivity index (χ1) is 23.3. The maximum atomic E-state index is 14.6. The number of fused-ring (bicyclic) bond motifs is 5. The highest BCUT2D eigenvalue weighted by Gasteiger charge is 2.27. The lowest BCUT2D eigenvalue weighted by Crippen LogP contribution is -2.04. The molecule has 0 atom stereocenters. The van der Waals surface area contributed by atoms with E-state index in [1.807, 2.05) is 97.9 Å². The van der Waals surface area contributed by atoms with Gasteiger partial charge in [0.05, 0.1) is 39.2 Å². The van der Waals surface area contributed by atoms with Crippen LogP contribution in [0.2, 0.25) is 0 Å². The lowest BCUT2D eigenvalue weighted by Gasteiger charge is -2.17. The van der Waals surface area contributed by atoms with Gasteiger partial charge >= 0.3 is 0 Å². The highest BCUT2D eigenvalue weighted by atomic mass is 19.2. The Morgan fingerprint density at radius 2 is 0.896 bits per heavy atom. The van der Waals surface area contributed by atoms with Crippen molar-refractivity contribution in [2.24, 2.45) is 0 Å². The molecule has 2 aromatic heterocycles. The summed E-state index contributed by atoms with van der Waals surface area (Å²) >= 11 is 0. The van der Waals surface area contributed by atoms with Crippen LogP contribution in [0.5, 0.6) is 0 Å². The van der Waals surface area contributed by atoms with E-state index < -0.39 is 34.6 Å². The van der Waals surface area contributed by atoms with E-state index in [4.69, 9.17) is 15.0 Å². The molecule has 8 heteroatoms. The van der Waals surface area contributed by atoms with Crippen molar-refractivity contribution < 1.29 is 22.0 Å². The Morgan fingerprint density at radius 3 is 1.52 bits per heavy atom. The number of nitrogens with zero attached hydrogens (tertiary/aromatic N) is 3. The first-order valence-electron chi connectivity index (χ1n) is 15.1. The third-order valence-corrected chi connectivity index (χ3v) is 8.55. The quantitative estimate of drug-likeness (QED) is 0.0832. The molecule has 8 aromatic rings. The SMILES string of the molecule is Cc1cc2nc(-c3ccccc3)c(-c3ccccc3)nc2c2c1c(-c1ccc(-c3c(F)c(F)c(F)c(F)c3F)cc1)nc1ccccc12. The highest BCUT2D eigenvalue weighted by Crippen LogP contribution is 2.41. The molecule has 0 bridgehead atoms. The fourth-order valence-corrected chi connectivity index (χ4v) is 6.31. The number of hydrogen-bond acceptors (Lipinski definition) is 3. The third-order valence-electron chi connectivity index (χ3n) is 8.55. The van der Waals surface area contributed by atoms with Crippen LogP contribution in [0.4, 0.5) is 22.0 Å². The van der Waals surface area contributed by atoms with Crippen molar-refractivity contribution in [2.45, 2.75) is 6.92 Å². The topological polar surface area (TPSA) is 38.7 Å². The van der Waals surface area contributed by atoms with Crippen LogP contribution in [0.15, 0.2) is 115 Å². The van der Waals surface area contributed by atoms with Crippen LogP contribution in [-0.4, -0.2) is 15.0 Å². The minimum Gasteiger partial charge on any atom is -0.247 e. The molecule has 0 N–H and O–H groups in total. The Hall–Kier alpha value is -6.02. The van der Waals surface area contributed by atoms with Crippen LogP contribution in [0.3, 0.4) is 0 Å². The summed E-state index contributed by atoms with van der Waals surface area (Å²) in [6, 6.07) is 35.2. The van der Waals surface area contributed by atoms with Crippen molar-refractivity contribution in [3.05, 3.63) is 150 Å². The zero-order valence-corrected chi connectivity index (χ0v) is 25.2. The fraction of sp³-hybridized carbons (Fsp3) is 0.0250. The normalized spacial score (nSPS) is 11.5. The van der Waals surface area contributed by atoms with Gasteiger partial charge in [-0.15, -0.1) is 0 Å². The predicted octanol–water partition coefficient (Wildman–Crippen LogP) is 11.0. The number of aromatic nitrogens is 3. The third kappa shape index (κ3) is 4.59. The summed E-state index contributed by atoms with van der Waals surface area (Å²) in [7, 11) is 0. The van der Waals surface area contributed by atoms with Crippen LogP contribution in [0.1, 0.15) is 5.56 Å². The number of rotatable bonds is 4. The van der Waals surface area contributed by atoms with Gasteiger partial charge in [0.2, 0.25) is 5.82 Å². The minimum absolute atomic E-state index is 0.161. The summed E-state index contributed by atoms with van der Waals surface area (Å²) in [5, 5.41) is 2.49. The maximum absolute atomic E-state index is 14.6. The van der Waals surface area contributed by atoms with Gasteiger partial charge in [0.15, 0.2) is 23.3 Å². The number of halogens is 5. The molecule has 3 nitrogen and oxygen atoms in total. The Morgan fingerprint density at radius 1 is 0.417 bits per heavy atom. The number of benzene rings is 6. The second-order valence-electron chi connectivity index (χ2n) is 11.5. The van der Waals surface area contributed by atoms with Gasteiger partial charge in [0, 0.05) is 32.8 Å². The standard InChI is InChI=1S/C40H22F5N3/c1-21-20-28-40(48-39(24-12-6-3-7-13-24)38(47-28)23-10-4-2-5-11-23)31-26-14-8-9-15-27(26)46-37(29(21)31)25-18-16-22(17-19-25)30-32(41)34(43)36(45)35(44)33(30)42/h2-20H,1H3. The fourth-order valence-electron chi connectivity index (χ4n) is 6.31. The van der Waals surface area contributed by atoms with Crippen molar-refractivity contribution in [1.29, 1.82) is 0 Å². The molecule has 0 aliphatic carbocycles. The van der Waals surface area contributed by atoms with Gasteiger partial charge in [-0.3, -0.25) is 0 Å². The minimum atomic E-state index is -2.20. The molecule has 0 spiro atoms. The second kappa shape index (κ2) is 11.3. The molecule has 232 valence electrons. The lowest BCUT2D eigenvalue weighted by molar-refractivity contribution is 0.381. The molecule has 6 aromatic carbocycles. The summed E-state index contributed by atoms with van der Waals surface area (Å²) in [5.74, 6) is -9.97. The smallest absolute Gasteiger partial charge is 0.200 e. The summed E-state index contributed by atoms with van der Waals surface area (Å²) in [6.07, 6.45) is 0. The zero-order chi connectivity index (χ0) is 33.1. The maximum Gasteiger partial charge on any atom is 0.200 e. The number of hydrogen-bond donors (Lipinski definition) is 0. The van der Waals surface area contributed by atoms with E-state index in [0.29, 0.717) is 33.5 Å². The van der Waals surface area contributed by atoms with Gasteiger partial charge in [-0.1, -0.05) is 103 Å². The molecule has 0 unspecified atom stereocenters. The lowest BCUT2D eigenvalue weighted by atomic mass is 9.93. The van der Waals surface area contributed by atoms with E-state index in [1.165, 1.54) is 12.1 Å².